The molecular formula is C33H40F2N6O7S. The molecule has 0 radical (unpaired) electrons. The second-order valence-corrected chi connectivity index (χ2v) is 15.3. The van der Waals surface area contributed by atoms with E-state index in [-0.39, 0.29) is 72.6 Å². The number of aromatic nitrogens is 3. The molecule has 2 aliphatic heterocycles. The first-order chi connectivity index (χ1) is 23.3. The van der Waals surface area contributed by atoms with E-state index in [4.69, 9.17) is 4.74 Å². The van der Waals surface area contributed by atoms with Crippen molar-refractivity contribution in [1.82, 2.24) is 24.2 Å². The number of halogens is 2. The maximum absolute atomic E-state index is 13.8. The Morgan fingerprint density at radius 3 is 2.51 bits per heavy atom. The van der Waals surface area contributed by atoms with Crippen LogP contribution in [-0.4, -0.2) is 81.3 Å². The molecule has 3 fully saturated rings. The summed E-state index contributed by atoms with van der Waals surface area (Å²) in [6.07, 6.45) is 1.87. The van der Waals surface area contributed by atoms with Gasteiger partial charge in [0.05, 0.1) is 35.5 Å². The zero-order chi connectivity index (χ0) is 34.9. The van der Waals surface area contributed by atoms with Crippen molar-refractivity contribution in [3.63, 3.8) is 0 Å². The highest BCUT2D eigenvalue weighted by Crippen LogP contribution is 2.40. The molecule has 0 bridgehead atoms. The second kappa shape index (κ2) is 14.1. The molecule has 1 aliphatic carbocycles. The van der Waals surface area contributed by atoms with Crippen LogP contribution >= 0.6 is 0 Å². The minimum absolute atomic E-state index is 0.0870. The largest absolute Gasteiger partial charge is 0.494 e. The number of carbonyl (C=O) groups excluding carboxylic acids is 2. The molecule has 3 N–H and O–H groups in total. The molecule has 1 aromatic carbocycles. The van der Waals surface area contributed by atoms with Gasteiger partial charge in [-0.2, -0.15) is 4.98 Å². The first-order valence-electron chi connectivity index (χ1n) is 16.6. The van der Waals surface area contributed by atoms with Gasteiger partial charge in [0.15, 0.2) is 0 Å². The van der Waals surface area contributed by atoms with Crippen molar-refractivity contribution in [3.05, 3.63) is 58.0 Å². The summed E-state index contributed by atoms with van der Waals surface area (Å²) in [5, 5.41) is 16.8. The summed E-state index contributed by atoms with van der Waals surface area (Å²) in [7, 11) is -3.54. The van der Waals surface area contributed by atoms with E-state index in [1.807, 2.05) is 0 Å². The number of hydrogen-bond donors (Lipinski definition) is 3. The topological polar surface area (TPSA) is 173 Å². The summed E-state index contributed by atoms with van der Waals surface area (Å²) >= 11 is 0. The number of nitrogens with one attached hydrogen (secondary N) is 2. The number of imide groups is 1. The van der Waals surface area contributed by atoms with Crippen molar-refractivity contribution >= 4 is 38.8 Å². The van der Waals surface area contributed by atoms with Gasteiger partial charge in [0.1, 0.15) is 11.4 Å². The third-order valence-electron chi connectivity index (χ3n) is 9.74. The average Bonchev–Trinajstić information content (AvgIpc) is 3.41. The molecule has 1 saturated carbocycles. The quantitative estimate of drug-likeness (QED) is 0.199. The van der Waals surface area contributed by atoms with Crippen molar-refractivity contribution in [2.75, 3.05) is 30.8 Å². The Bertz CT molecular complexity index is 1880. The van der Waals surface area contributed by atoms with Crippen molar-refractivity contribution in [1.29, 1.82) is 0 Å². The van der Waals surface area contributed by atoms with Gasteiger partial charge in [-0.05, 0) is 75.6 Å². The zero-order valence-corrected chi connectivity index (χ0v) is 27.9. The molecule has 2 saturated heterocycles. The number of fused-ring (bicyclic) bond motifs is 1. The van der Waals surface area contributed by atoms with Gasteiger partial charge in [-0.15, -0.1) is 0 Å². The van der Waals surface area contributed by atoms with Gasteiger partial charge in [0.25, 0.3) is 12.0 Å². The summed E-state index contributed by atoms with van der Waals surface area (Å²) in [5.41, 5.74) is -1.87. The number of hydrogen-bond acceptors (Lipinski definition) is 10. The lowest BCUT2D eigenvalue weighted by molar-refractivity contribution is -0.134. The van der Waals surface area contributed by atoms with Crippen LogP contribution in [0.5, 0.6) is 5.75 Å². The molecule has 2 aromatic heterocycles. The number of anilines is 1. The number of amides is 2. The molecule has 49 heavy (non-hydrogen) atoms. The smallest absolute Gasteiger partial charge is 0.269 e. The molecule has 3 unspecified atom stereocenters. The lowest BCUT2D eigenvalue weighted by Crippen LogP contribution is -2.43. The van der Waals surface area contributed by atoms with Crippen LogP contribution in [0.25, 0.3) is 11.0 Å². The number of benzene rings is 1. The van der Waals surface area contributed by atoms with E-state index in [1.165, 1.54) is 15.1 Å². The highest BCUT2D eigenvalue weighted by molar-refractivity contribution is 7.89. The van der Waals surface area contributed by atoms with Crippen LogP contribution in [0.2, 0.25) is 0 Å². The number of pyridine rings is 1. The van der Waals surface area contributed by atoms with Crippen LogP contribution in [0.15, 0.2) is 41.3 Å². The summed E-state index contributed by atoms with van der Waals surface area (Å²) < 4.78 is 62.0. The van der Waals surface area contributed by atoms with E-state index in [0.29, 0.717) is 50.7 Å². The molecule has 264 valence electrons. The molecule has 16 heteroatoms. The Morgan fingerprint density at radius 1 is 1.12 bits per heavy atom. The van der Waals surface area contributed by atoms with Crippen LogP contribution in [0, 0.1) is 0 Å². The maximum atomic E-state index is 13.8. The Kier molecular flexibility index (Phi) is 10.0. The van der Waals surface area contributed by atoms with Crippen LogP contribution in [0.3, 0.4) is 0 Å². The average molecular weight is 703 g/mol. The molecule has 3 aromatic rings. The van der Waals surface area contributed by atoms with Gasteiger partial charge in [0, 0.05) is 37.1 Å². The predicted molar refractivity (Wildman–Crippen MR) is 176 cm³/mol. The number of nitrogens with zero attached hydrogens (tertiary/aromatic N) is 4. The summed E-state index contributed by atoms with van der Waals surface area (Å²) in [5.74, 6) is -0.321. The molecule has 3 aliphatic rings. The standard InChI is InChI=1S/C33H40F2N6O7S/c1-33(45)13-2-4-26(33)41-29-21(18-25(28(34)35)31(41)44)19-36-32(39-29)37-22-11-14-40(15-12-22)49(46,47)17-3-16-48-23-7-5-20(6-8-23)24-9-10-27(42)38-30(24)43/h5-8,18-19,22,24,26,28,45H,2-4,9-17H2,1H3,(H,36,37,39)(H,38,42,43). The lowest BCUT2D eigenvalue weighted by Gasteiger charge is -2.32. The van der Waals surface area contributed by atoms with Gasteiger partial charge < -0.3 is 15.2 Å². The summed E-state index contributed by atoms with van der Waals surface area (Å²) in [6.45, 7) is 2.35. The van der Waals surface area contributed by atoms with Crippen molar-refractivity contribution in [2.24, 2.45) is 0 Å². The fourth-order valence-corrected chi connectivity index (χ4v) is 8.53. The fourth-order valence-electron chi connectivity index (χ4n) is 7.02. The van der Waals surface area contributed by atoms with Crippen molar-refractivity contribution < 1.29 is 36.6 Å². The van der Waals surface area contributed by atoms with Crippen molar-refractivity contribution in [3.8, 4) is 5.75 Å². The number of ether oxygens (including phenoxy) is 1. The van der Waals surface area contributed by atoms with Crippen LogP contribution < -0.4 is 20.9 Å². The number of sulfonamides is 1. The van der Waals surface area contributed by atoms with Crippen LogP contribution in [0.4, 0.5) is 14.7 Å². The van der Waals surface area contributed by atoms with Gasteiger partial charge >= 0.3 is 0 Å². The van der Waals surface area contributed by atoms with Gasteiger partial charge in [0.2, 0.25) is 27.8 Å². The molecule has 3 atom stereocenters. The Morgan fingerprint density at radius 2 is 1.86 bits per heavy atom. The Balaban J connectivity index is 1.02. The minimum atomic E-state index is -3.54. The third-order valence-corrected chi connectivity index (χ3v) is 11.7. The molecule has 0 spiro atoms. The van der Waals surface area contributed by atoms with Crippen LogP contribution in [-0.2, 0) is 19.6 Å². The first kappa shape index (κ1) is 34.8. The summed E-state index contributed by atoms with van der Waals surface area (Å²) in [6, 6.07) is 7.22. The van der Waals surface area contributed by atoms with Gasteiger partial charge in [-0.3, -0.25) is 24.3 Å². The number of alkyl halides is 2. The molecule has 2 amide bonds. The van der Waals surface area contributed by atoms with E-state index in [1.54, 1.807) is 31.2 Å². The number of rotatable bonds is 11. The monoisotopic (exact) mass is 702 g/mol. The Labute approximate surface area is 282 Å². The summed E-state index contributed by atoms with van der Waals surface area (Å²) in [4.78, 5) is 45.5. The predicted octanol–water partition coefficient (Wildman–Crippen LogP) is 3.40. The molecular weight excluding hydrogens is 662 g/mol. The van der Waals surface area contributed by atoms with E-state index in [9.17, 15) is 36.7 Å². The Hall–Kier alpha value is -4.02. The minimum Gasteiger partial charge on any atom is -0.494 e. The third kappa shape index (κ3) is 7.60. The molecule has 4 heterocycles. The van der Waals surface area contributed by atoms with E-state index >= 15 is 0 Å². The number of carbonyl (C=O) groups is 2. The van der Waals surface area contributed by atoms with Gasteiger partial charge in [-0.25, -0.2) is 26.5 Å². The molecule has 6 rings (SSSR count). The fraction of sp³-hybridized carbons (Fsp3) is 0.545. The van der Waals surface area contributed by atoms with E-state index < -0.39 is 39.2 Å². The SMILES string of the molecule is CC1(O)CCCC1n1c(=O)c(C(F)F)cc2cnc(NC3CCN(S(=O)(=O)CCCOc4ccc(C5CCC(=O)NC5=O)cc4)CC3)nc21. The highest BCUT2D eigenvalue weighted by Gasteiger charge is 2.40. The second-order valence-electron chi connectivity index (χ2n) is 13.2. The number of piperidine rings is 2. The van der Waals surface area contributed by atoms with E-state index in [2.05, 4.69) is 20.6 Å². The van der Waals surface area contributed by atoms with Gasteiger partial charge in [-0.1, -0.05) is 12.1 Å². The molecule has 13 nitrogen and oxygen atoms in total. The lowest BCUT2D eigenvalue weighted by atomic mass is 9.90. The highest BCUT2D eigenvalue weighted by atomic mass is 32.2. The van der Waals surface area contributed by atoms with Crippen LogP contribution in [0.1, 0.15) is 87.8 Å². The first-order valence-corrected chi connectivity index (χ1v) is 18.2. The zero-order valence-electron chi connectivity index (χ0n) is 27.1. The van der Waals surface area contributed by atoms with Crippen molar-refractivity contribution in [2.45, 2.75) is 88.3 Å². The van der Waals surface area contributed by atoms with E-state index in [0.717, 1.165) is 11.6 Å². The number of aliphatic hydroxyl groups is 1. The maximum Gasteiger partial charge on any atom is 0.269 e. The normalized spacial score (nSPS) is 24.0.